The summed E-state index contributed by atoms with van der Waals surface area (Å²) in [4.78, 5) is 2.44. The summed E-state index contributed by atoms with van der Waals surface area (Å²) >= 11 is 0. The molecule has 0 heterocycles. The number of nitrogens with one attached hydrogen (secondary N) is 1. The minimum atomic E-state index is -0.0330. The SMILES string of the molecule is CCNC(C#N)CN(CCC(C)C)CCC(C)C. The molecule has 0 bridgehead atoms. The lowest BCUT2D eigenvalue weighted by Crippen LogP contribution is -2.41. The molecule has 0 saturated carbocycles. The molecule has 106 valence electrons. The summed E-state index contributed by atoms with van der Waals surface area (Å²) in [6.45, 7) is 15.0. The van der Waals surface area contributed by atoms with Gasteiger partial charge in [0.15, 0.2) is 0 Å². The van der Waals surface area contributed by atoms with Crippen molar-refractivity contribution < 1.29 is 0 Å². The fraction of sp³-hybridized carbons (Fsp3) is 0.933. The van der Waals surface area contributed by atoms with Crippen molar-refractivity contribution in [3.05, 3.63) is 0 Å². The Morgan fingerprint density at radius 2 is 1.56 bits per heavy atom. The fourth-order valence-electron chi connectivity index (χ4n) is 1.83. The summed E-state index contributed by atoms with van der Waals surface area (Å²) in [6.07, 6.45) is 2.42. The van der Waals surface area contributed by atoms with Crippen LogP contribution < -0.4 is 5.32 Å². The van der Waals surface area contributed by atoms with E-state index in [-0.39, 0.29) is 6.04 Å². The van der Waals surface area contributed by atoms with Crippen molar-refractivity contribution in [1.29, 1.82) is 5.26 Å². The highest BCUT2D eigenvalue weighted by atomic mass is 15.1. The van der Waals surface area contributed by atoms with Crippen LogP contribution in [-0.4, -0.2) is 37.1 Å². The van der Waals surface area contributed by atoms with E-state index >= 15 is 0 Å². The van der Waals surface area contributed by atoms with Gasteiger partial charge in [-0.2, -0.15) is 5.26 Å². The Hall–Kier alpha value is -0.590. The molecular weight excluding hydrogens is 222 g/mol. The minimum Gasteiger partial charge on any atom is -0.301 e. The molecule has 18 heavy (non-hydrogen) atoms. The lowest BCUT2D eigenvalue weighted by Gasteiger charge is -2.26. The molecule has 0 aliphatic heterocycles. The zero-order chi connectivity index (χ0) is 14.0. The van der Waals surface area contributed by atoms with Crippen molar-refractivity contribution in [2.24, 2.45) is 11.8 Å². The fourth-order valence-corrected chi connectivity index (χ4v) is 1.83. The second-order valence-corrected chi connectivity index (χ2v) is 5.91. The number of likely N-dealkylation sites (N-methyl/N-ethyl adjacent to an activating group) is 1. The molecule has 1 N–H and O–H groups in total. The summed E-state index contributed by atoms with van der Waals surface area (Å²) in [5, 5.41) is 12.4. The molecule has 0 aromatic heterocycles. The molecule has 0 saturated heterocycles. The first-order chi connectivity index (χ1) is 8.49. The maximum absolute atomic E-state index is 9.12. The van der Waals surface area contributed by atoms with Gasteiger partial charge in [-0.1, -0.05) is 34.6 Å². The van der Waals surface area contributed by atoms with Gasteiger partial charge in [-0.05, 0) is 44.3 Å². The molecule has 0 radical (unpaired) electrons. The van der Waals surface area contributed by atoms with Crippen LogP contribution in [0, 0.1) is 23.2 Å². The lowest BCUT2D eigenvalue weighted by atomic mass is 10.1. The van der Waals surface area contributed by atoms with Crippen molar-refractivity contribution >= 4 is 0 Å². The van der Waals surface area contributed by atoms with Gasteiger partial charge in [-0.15, -0.1) is 0 Å². The predicted molar refractivity (Wildman–Crippen MR) is 78.4 cm³/mol. The van der Waals surface area contributed by atoms with Crippen LogP contribution >= 0.6 is 0 Å². The van der Waals surface area contributed by atoms with Gasteiger partial charge in [0.2, 0.25) is 0 Å². The summed E-state index contributed by atoms with van der Waals surface area (Å²) in [6, 6.07) is 2.32. The van der Waals surface area contributed by atoms with Crippen molar-refractivity contribution in [3.63, 3.8) is 0 Å². The van der Waals surface area contributed by atoms with Crippen molar-refractivity contribution in [3.8, 4) is 6.07 Å². The quantitative estimate of drug-likeness (QED) is 0.650. The molecular formula is C15H31N3. The van der Waals surface area contributed by atoms with Gasteiger partial charge in [0.1, 0.15) is 6.04 Å². The Kier molecular flexibility index (Phi) is 10.0. The molecule has 1 unspecified atom stereocenters. The molecule has 3 heteroatoms. The third kappa shape index (κ3) is 9.44. The van der Waals surface area contributed by atoms with Crippen LogP contribution in [0.3, 0.4) is 0 Å². The Balaban J connectivity index is 4.21. The maximum Gasteiger partial charge on any atom is 0.108 e. The van der Waals surface area contributed by atoms with Crippen molar-refractivity contribution in [2.45, 2.75) is 53.5 Å². The lowest BCUT2D eigenvalue weighted by molar-refractivity contribution is 0.231. The Bertz CT molecular complexity index is 218. The van der Waals surface area contributed by atoms with Crippen molar-refractivity contribution in [1.82, 2.24) is 10.2 Å². The number of rotatable bonds is 10. The smallest absolute Gasteiger partial charge is 0.108 e. The van der Waals surface area contributed by atoms with Gasteiger partial charge in [0.25, 0.3) is 0 Å². The first-order valence-electron chi connectivity index (χ1n) is 7.34. The topological polar surface area (TPSA) is 39.1 Å². The minimum absolute atomic E-state index is 0.0330. The Morgan fingerprint density at radius 3 is 1.89 bits per heavy atom. The van der Waals surface area contributed by atoms with Gasteiger partial charge < -0.3 is 10.2 Å². The van der Waals surface area contributed by atoms with Crippen LogP contribution in [0.4, 0.5) is 0 Å². The molecule has 0 aliphatic rings. The van der Waals surface area contributed by atoms with Crippen LogP contribution in [0.5, 0.6) is 0 Å². The van der Waals surface area contributed by atoms with Crippen LogP contribution in [0.2, 0.25) is 0 Å². The molecule has 0 fully saturated rings. The van der Waals surface area contributed by atoms with E-state index in [1.807, 2.05) is 0 Å². The molecule has 0 amide bonds. The largest absolute Gasteiger partial charge is 0.301 e. The van der Waals surface area contributed by atoms with Gasteiger partial charge in [0, 0.05) is 6.54 Å². The first kappa shape index (κ1) is 17.4. The van der Waals surface area contributed by atoms with E-state index in [4.69, 9.17) is 5.26 Å². The predicted octanol–water partition coefficient (Wildman–Crippen LogP) is 2.88. The Labute approximate surface area is 114 Å². The first-order valence-corrected chi connectivity index (χ1v) is 7.34. The molecule has 0 aromatic rings. The van der Waals surface area contributed by atoms with Crippen LogP contribution in [-0.2, 0) is 0 Å². The molecule has 0 aromatic carbocycles. The van der Waals surface area contributed by atoms with Crippen LogP contribution in [0.1, 0.15) is 47.5 Å². The molecule has 3 nitrogen and oxygen atoms in total. The van der Waals surface area contributed by atoms with Crippen LogP contribution in [0.25, 0.3) is 0 Å². The third-order valence-corrected chi connectivity index (χ3v) is 3.09. The highest BCUT2D eigenvalue weighted by Gasteiger charge is 2.13. The summed E-state index contributed by atoms with van der Waals surface area (Å²) in [5.41, 5.74) is 0. The van der Waals surface area contributed by atoms with E-state index in [2.05, 4.69) is 50.9 Å². The van der Waals surface area contributed by atoms with E-state index in [0.717, 1.165) is 38.0 Å². The summed E-state index contributed by atoms with van der Waals surface area (Å²) < 4.78 is 0. The maximum atomic E-state index is 9.12. The highest BCUT2D eigenvalue weighted by Crippen LogP contribution is 2.07. The third-order valence-electron chi connectivity index (χ3n) is 3.09. The van der Waals surface area contributed by atoms with E-state index < -0.39 is 0 Å². The number of nitriles is 1. The van der Waals surface area contributed by atoms with Crippen molar-refractivity contribution in [2.75, 3.05) is 26.2 Å². The van der Waals surface area contributed by atoms with Gasteiger partial charge in [-0.25, -0.2) is 0 Å². The van der Waals surface area contributed by atoms with E-state index in [1.165, 1.54) is 12.8 Å². The number of hydrogen-bond acceptors (Lipinski definition) is 3. The van der Waals surface area contributed by atoms with Gasteiger partial charge in [0.05, 0.1) is 6.07 Å². The highest BCUT2D eigenvalue weighted by molar-refractivity contribution is 4.91. The standard InChI is InChI=1S/C15H31N3/c1-6-17-15(11-16)12-18(9-7-13(2)3)10-8-14(4)5/h13-15,17H,6-10,12H2,1-5H3. The molecule has 0 aliphatic carbocycles. The van der Waals surface area contributed by atoms with E-state index in [0.29, 0.717) is 0 Å². The Morgan fingerprint density at radius 1 is 1.06 bits per heavy atom. The van der Waals surface area contributed by atoms with Gasteiger partial charge >= 0.3 is 0 Å². The van der Waals surface area contributed by atoms with Gasteiger partial charge in [-0.3, -0.25) is 0 Å². The molecule has 0 rings (SSSR count). The summed E-state index contributed by atoms with van der Waals surface area (Å²) in [7, 11) is 0. The second kappa shape index (κ2) is 10.3. The summed E-state index contributed by atoms with van der Waals surface area (Å²) in [5.74, 6) is 1.46. The zero-order valence-corrected chi connectivity index (χ0v) is 12.9. The number of nitrogens with zero attached hydrogens (tertiary/aromatic N) is 2. The zero-order valence-electron chi connectivity index (χ0n) is 12.9. The average molecular weight is 253 g/mol. The van der Waals surface area contributed by atoms with Crippen LogP contribution in [0.15, 0.2) is 0 Å². The second-order valence-electron chi connectivity index (χ2n) is 5.91. The average Bonchev–Trinajstić information content (AvgIpc) is 2.31. The monoisotopic (exact) mass is 253 g/mol. The normalized spacial score (nSPS) is 13.3. The number of hydrogen-bond donors (Lipinski definition) is 1. The molecule has 1 atom stereocenters. The van der Waals surface area contributed by atoms with E-state index in [1.54, 1.807) is 0 Å². The van der Waals surface area contributed by atoms with E-state index in [9.17, 15) is 0 Å². The molecule has 0 spiro atoms.